The molecule has 2 atom stereocenters. The lowest BCUT2D eigenvalue weighted by atomic mass is 10.1. The molecule has 1 aromatic carbocycles. The first kappa shape index (κ1) is 15.8. The van der Waals surface area contributed by atoms with Crippen molar-refractivity contribution in [2.75, 3.05) is 19.5 Å². The van der Waals surface area contributed by atoms with Crippen molar-refractivity contribution in [3.8, 4) is 11.5 Å². The number of aromatic nitrogens is 1. The molecule has 1 aliphatic carbocycles. The fourth-order valence-corrected chi connectivity index (χ4v) is 3.56. The molecule has 1 heterocycles. The van der Waals surface area contributed by atoms with Crippen molar-refractivity contribution < 1.29 is 14.3 Å². The summed E-state index contributed by atoms with van der Waals surface area (Å²) < 4.78 is 10.7. The van der Waals surface area contributed by atoms with Crippen LogP contribution < -0.4 is 14.8 Å². The predicted octanol–water partition coefficient (Wildman–Crippen LogP) is 3.46. The fraction of sp³-hybridized carbons (Fsp3) is 0.412. The maximum atomic E-state index is 12.5. The van der Waals surface area contributed by atoms with Crippen molar-refractivity contribution in [1.29, 1.82) is 0 Å². The molecule has 23 heavy (non-hydrogen) atoms. The summed E-state index contributed by atoms with van der Waals surface area (Å²) in [6.45, 7) is 2.03. The molecule has 1 aliphatic rings. The average molecular weight is 332 g/mol. The number of methoxy groups -OCH3 is 2. The van der Waals surface area contributed by atoms with Gasteiger partial charge in [0, 0.05) is 17.4 Å². The molecule has 1 saturated carbocycles. The Bertz CT molecular complexity index is 714. The Kier molecular flexibility index (Phi) is 4.52. The number of hydrogen-bond acceptors (Lipinski definition) is 5. The summed E-state index contributed by atoms with van der Waals surface area (Å²) in [5.41, 5.74) is 3.75. The number of rotatable bonds is 6. The third kappa shape index (κ3) is 3.17. The van der Waals surface area contributed by atoms with E-state index in [4.69, 9.17) is 9.47 Å². The number of aryl methyl sites for hydroxylation is 1. The second-order valence-corrected chi connectivity index (χ2v) is 6.38. The number of benzene rings is 1. The van der Waals surface area contributed by atoms with Crippen molar-refractivity contribution in [2.45, 2.75) is 25.7 Å². The average Bonchev–Trinajstić information content (AvgIpc) is 3.27. The lowest BCUT2D eigenvalue weighted by molar-refractivity contribution is -0.117. The molecule has 2 unspecified atom stereocenters. The van der Waals surface area contributed by atoms with E-state index >= 15 is 0 Å². The summed E-state index contributed by atoms with van der Waals surface area (Å²) in [6, 6.07) is 5.71. The number of amides is 1. The van der Waals surface area contributed by atoms with E-state index in [2.05, 4.69) is 10.3 Å². The van der Waals surface area contributed by atoms with Crippen LogP contribution in [0.1, 0.15) is 30.5 Å². The van der Waals surface area contributed by atoms with Crippen molar-refractivity contribution >= 4 is 22.2 Å². The summed E-state index contributed by atoms with van der Waals surface area (Å²) in [4.78, 5) is 16.7. The first-order chi connectivity index (χ1) is 11.2. The predicted molar refractivity (Wildman–Crippen MR) is 90.5 cm³/mol. The number of ether oxygens (including phenoxy) is 2. The summed E-state index contributed by atoms with van der Waals surface area (Å²) in [5.74, 6) is 1.79. The zero-order valence-corrected chi connectivity index (χ0v) is 14.3. The van der Waals surface area contributed by atoms with E-state index in [0.717, 1.165) is 40.6 Å². The highest BCUT2D eigenvalue weighted by molar-refractivity contribution is 7.14. The molecule has 1 N–H and O–H groups in total. The molecular weight excluding hydrogens is 312 g/mol. The number of thiazole rings is 1. The number of carbonyl (C=O) groups excluding carboxylic acids is 1. The normalized spacial score (nSPS) is 19.3. The highest BCUT2D eigenvalue weighted by Crippen LogP contribution is 2.51. The van der Waals surface area contributed by atoms with Crippen LogP contribution in [-0.2, 0) is 11.2 Å². The van der Waals surface area contributed by atoms with Crippen LogP contribution >= 0.6 is 11.3 Å². The van der Waals surface area contributed by atoms with Gasteiger partial charge in [-0.1, -0.05) is 6.92 Å². The third-order valence-corrected chi connectivity index (χ3v) is 4.96. The zero-order valence-electron chi connectivity index (χ0n) is 13.5. The molecule has 1 fully saturated rings. The van der Waals surface area contributed by atoms with Crippen molar-refractivity contribution in [2.24, 2.45) is 5.92 Å². The molecule has 1 aromatic heterocycles. The van der Waals surface area contributed by atoms with Gasteiger partial charge in [-0.05, 0) is 31.0 Å². The summed E-state index contributed by atoms with van der Waals surface area (Å²) in [5, 5.41) is 3.88. The first-order valence-corrected chi connectivity index (χ1v) is 8.51. The Morgan fingerprint density at radius 2 is 2.22 bits per heavy atom. The van der Waals surface area contributed by atoms with E-state index in [0.29, 0.717) is 0 Å². The molecule has 3 rings (SSSR count). The highest BCUT2D eigenvalue weighted by atomic mass is 32.1. The van der Waals surface area contributed by atoms with E-state index < -0.39 is 0 Å². The maximum Gasteiger partial charge on any atom is 0.228 e. The molecule has 6 heteroatoms. The maximum absolute atomic E-state index is 12.5. The second-order valence-electron chi connectivity index (χ2n) is 5.53. The van der Waals surface area contributed by atoms with Gasteiger partial charge < -0.3 is 14.8 Å². The van der Waals surface area contributed by atoms with Gasteiger partial charge in [0.2, 0.25) is 5.91 Å². The highest BCUT2D eigenvalue weighted by Gasteiger charge is 2.45. The van der Waals surface area contributed by atoms with Gasteiger partial charge in [-0.3, -0.25) is 4.79 Å². The molecule has 0 radical (unpaired) electrons. The Hall–Kier alpha value is -2.08. The molecule has 5 nitrogen and oxygen atoms in total. The lowest BCUT2D eigenvalue weighted by Gasteiger charge is -2.10. The van der Waals surface area contributed by atoms with Crippen LogP contribution in [0.3, 0.4) is 0 Å². The minimum Gasteiger partial charge on any atom is -0.497 e. The van der Waals surface area contributed by atoms with Crippen LogP contribution in [0.2, 0.25) is 0 Å². The van der Waals surface area contributed by atoms with Gasteiger partial charge >= 0.3 is 0 Å². The topological polar surface area (TPSA) is 60.5 Å². The summed E-state index contributed by atoms with van der Waals surface area (Å²) in [6.07, 6.45) is 1.65. The quantitative estimate of drug-likeness (QED) is 0.880. The number of anilines is 1. The number of nitrogens with one attached hydrogen (secondary N) is 1. The van der Waals surface area contributed by atoms with Gasteiger partial charge in [-0.25, -0.2) is 4.98 Å². The van der Waals surface area contributed by atoms with Crippen LogP contribution in [0, 0.1) is 5.92 Å². The van der Waals surface area contributed by atoms with E-state index in [9.17, 15) is 4.79 Å². The van der Waals surface area contributed by atoms with Crippen molar-refractivity contribution in [1.82, 2.24) is 4.98 Å². The molecular formula is C17H20N2O3S. The molecule has 0 spiro atoms. The van der Waals surface area contributed by atoms with E-state index in [-0.39, 0.29) is 17.7 Å². The minimum absolute atomic E-state index is 0.0252. The zero-order chi connectivity index (χ0) is 16.4. The van der Waals surface area contributed by atoms with Gasteiger partial charge in [-0.2, -0.15) is 0 Å². The number of hydrogen-bond donors (Lipinski definition) is 1. The monoisotopic (exact) mass is 332 g/mol. The van der Waals surface area contributed by atoms with Gasteiger partial charge in [-0.15, -0.1) is 11.3 Å². The summed E-state index contributed by atoms with van der Waals surface area (Å²) in [7, 11) is 3.28. The Morgan fingerprint density at radius 3 is 2.91 bits per heavy atom. The SMILES string of the molecule is CCc1ncsc1NC(=O)C1CC1c1cc(OC)ccc1OC. The Labute approximate surface area is 139 Å². The van der Waals surface area contributed by atoms with Gasteiger partial charge in [0.15, 0.2) is 0 Å². The molecule has 1 amide bonds. The third-order valence-electron chi connectivity index (χ3n) is 4.18. The first-order valence-electron chi connectivity index (χ1n) is 7.63. The van der Waals surface area contributed by atoms with E-state index in [1.165, 1.54) is 11.3 Å². The fourth-order valence-electron chi connectivity index (χ4n) is 2.79. The lowest BCUT2D eigenvalue weighted by Crippen LogP contribution is -2.14. The molecule has 2 aromatic rings. The standard InChI is InChI=1S/C17H20N2O3S/c1-4-14-17(23-9-18-14)19-16(20)13-8-11(13)12-7-10(21-2)5-6-15(12)22-3/h5-7,9,11,13H,4,8H2,1-3H3,(H,19,20). The Balaban J connectivity index is 1.73. The molecule has 0 saturated heterocycles. The van der Waals surface area contributed by atoms with Crippen LogP contribution in [0.4, 0.5) is 5.00 Å². The van der Waals surface area contributed by atoms with E-state index in [1.807, 2.05) is 25.1 Å². The van der Waals surface area contributed by atoms with Crippen LogP contribution in [-0.4, -0.2) is 25.1 Å². The van der Waals surface area contributed by atoms with Crippen molar-refractivity contribution in [3.05, 3.63) is 35.0 Å². The van der Waals surface area contributed by atoms with Crippen molar-refractivity contribution in [3.63, 3.8) is 0 Å². The Morgan fingerprint density at radius 1 is 1.39 bits per heavy atom. The minimum atomic E-state index is -0.0252. The van der Waals surface area contributed by atoms with Gasteiger partial charge in [0.1, 0.15) is 16.5 Å². The second kappa shape index (κ2) is 6.58. The van der Waals surface area contributed by atoms with Gasteiger partial charge in [0.05, 0.1) is 25.4 Å². The number of carbonyl (C=O) groups is 1. The van der Waals surface area contributed by atoms with Crippen LogP contribution in [0.15, 0.2) is 23.7 Å². The molecule has 0 bridgehead atoms. The smallest absolute Gasteiger partial charge is 0.228 e. The van der Waals surface area contributed by atoms with Gasteiger partial charge in [0.25, 0.3) is 0 Å². The van der Waals surface area contributed by atoms with Crippen LogP contribution in [0.5, 0.6) is 11.5 Å². The molecule has 0 aliphatic heterocycles. The largest absolute Gasteiger partial charge is 0.497 e. The number of nitrogens with zero attached hydrogens (tertiary/aromatic N) is 1. The van der Waals surface area contributed by atoms with E-state index in [1.54, 1.807) is 19.7 Å². The molecule has 122 valence electrons. The van der Waals surface area contributed by atoms with Crippen LogP contribution in [0.25, 0.3) is 0 Å². The summed E-state index contributed by atoms with van der Waals surface area (Å²) >= 11 is 1.47.